The number of rotatable bonds is 3. The smallest absolute Gasteiger partial charge is 0.390 e. The summed E-state index contributed by atoms with van der Waals surface area (Å²) in [6, 6.07) is 8.31. The fourth-order valence-electron chi connectivity index (χ4n) is 2.28. The maximum absolute atomic E-state index is 13.2. The van der Waals surface area contributed by atoms with Crippen molar-refractivity contribution in [1.82, 2.24) is 20.0 Å². The highest BCUT2D eigenvalue weighted by molar-refractivity contribution is 5.64. The highest BCUT2D eigenvalue weighted by Gasteiger charge is 2.34. The molecule has 0 aliphatic carbocycles. The van der Waals surface area contributed by atoms with E-state index in [2.05, 4.69) is 15.3 Å². The van der Waals surface area contributed by atoms with Gasteiger partial charge in [-0.15, -0.1) is 5.10 Å². The Bertz CT molecular complexity index is 815. The Morgan fingerprint density at radius 3 is 2.39 bits per heavy atom. The van der Waals surface area contributed by atoms with Crippen LogP contribution in [-0.4, -0.2) is 25.1 Å². The monoisotopic (exact) mass is 320 g/mol. The van der Waals surface area contributed by atoms with Crippen molar-refractivity contribution in [3.63, 3.8) is 0 Å². The zero-order chi connectivity index (χ0) is 16.4. The molecule has 3 aromatic rings. The average molecular weight is 320 g/mol. The summed E-state index contributed by atoms with van der Waals surface area (Å²) in [5.74, 6) is 0. The normalized spacial score (nSPS) is 11.7. The largest absolute Gasteiger partial charge is 0.418 e. The number of hydrogen-bond donors (Lipinski definition) is 1. The third-order valence-electron chi connectivity index (χ3n) is 3.28. The fourth-order valence-corrected chi connectivity index (χ4v) is 2.28. The molecule has 1 aromatic carbocycles. The predicted octanol–water partition coefficient (Wildman–Crippen LogP) is 2.84. The van der Waals surface area contributed by atoms with Gasteiger partial charge in [-0.3, -0.25) is 4.98 Å². The second kappa shape index (κ2) is 5.81. The number of aliphatic hydroxyl groups excluding tert-OH is 1. The van der Waals surface area contributed by atoms with E-state index in [1.165, 1.54) is 30.6 Å². The summed E-state index contributed by atoms with van der Waals surface area (Å²) in [6.45, 7) is -0.439. The van der Waals surface area contributed by atoms with E-state index in [1.54, 1.807) is 12.1 Å². The number of hydrogen-bond acceptors (Lipinski definition) is 4. The summed E-state index contributed by atoms with van der Waals surface area (Å²) in [5.41, 5.74) is 0.0644. The van der Waals surface area contributed by atoms with Crippen molar-refractivity contribution in [3.8, 4) is 16.9 Å². The molecule has 0 aliphatic heterocycles. The molecule has 8 heteroatoms. The Morgan fingerprint density at radius 1 is 1.04 bits per heavy atom. The van der Waals surface area contributed by atoms with Gasteiger partial charge in [0.25, 0.3) is 0 Å². The molecule has 118 valence electrons. The molecular formula is C15H11F3N4O. The van der Waals surface area contributed by atoms with Gasteiger partial charge in [0.15, 0.2) is 0 Å². The van der Waals surface area contributed by atoms with Crippen LogP contribution >= 0.6 is 0 Å². The summed E-state index contributed by atoms with van der Waals surface area (Å²) in [5, 5.41) is 17.0. The average Bonchev–Trinajstić information content (AvgIpc) is 2.98. The van der Waals surface area contributed by atoms with Crippen LogP contribution in [0.1, 0.15) is 11.3 Å². The van der Waals surface area contributed by atoms with Gasteiger partial charge in [-0.2, -0.15) is 13.2 Å². The number of aromatic nitrogens is 4. The van der Waals surface area contributed by atoms with E-state index in [0.29, 0.717) is 11.3 Å². The highest BCUT2D eigenvalue weighted by Crippen LogP contribution is 2.35. The van der Waals surface area contributed by atoms with Gasteiger partial charge in [0.2, 0.25) is 0 Å². The lowest BCUT2D eigenvalue weighted by Crippen LogP contribution is -2.12. The summed E-state index contributed by atoms with van der Waals surface area (Å²) < 4.78 is 40.8. The molecule has 0 spiro atoms. The lowest BCUT2D eigenvalue weighted by Gasteiger charge is -2.14. The van der Waals surface area contributed by atoms with Crippen LogP contribution in [0.25, 0.3) is 16.9 Å². The minimum absolute atomic E-state index is 0.154. The van der Waals surface area contributed by atoms with E-state index in [0.717, 1.165) is 10.7 Å². The second-order valence-electron chi connectivity index (χ2n) is 4.71. The molecule has 0 unspecified atom stereocenters. The van der Waals surface area contributed by atoms with Gasteiger partial charge in [-0.25, -0.2) is 4.68 Å². The minimum Gasteiger partial charge on any atom is -0.390 e. The first kappa shape index (κ1) is 15.2. The van der Waals surface area contributed by atoms with Crippen molar-refractivity contribution in [3.05, 3.63) is 60.0 Å². The molecule has 2 aromatic heterocycles. The molecule has 23 heavy (non-hydrogen) atoms. The summed E-state index contributed by atoms with van der Waals surface area (Å²) >= 11 is 0. The summed E-state index contributed by atoms with van der Waals surface area (Å²) in [4.78, 5) is 3.88. The number of benzene rings is 1. The van der Waals surface area contributed by atoms with Crippen molar-refractivity contribution in [2.75, 3.05) is 0 Å². The predicted molar refractivity (Wildman–Crippen MR) is 75.5 cm³/mol. The molecular weight excluding hydrogens is 309 g/mol. The fraction of sp³-hybridized carbons (Fsp3) is 0.133. The molecule has 5 nitrogen and oxygen atoms in total. The van der Waals surface area contributed by atoms with Gasteiger partial charge in [0, 0.05) is 18.0 Å². The van der Waals surface area contributed by atoms with Crippen LogP contribution in [-0.2, 0) is 12.8 Å². The molecule has 0 fully saturated rings. The van der Waals surface area contributed by atoms with Crippen molar-refractivity contribution in [1.29, 1.82) is 0 Å². The van der Waals surface area contributed by atoms with E-state index in [-0.39, 0.29) is 11.4 Å². The maximum atomic E-state index is 13.2. The van der Waals surface area contributed by atoms with Crippen molar-refractivity contribution in [2.24, 2.45) is 0 Å². The van der Waals surface area contributed by atoms with E-state index in [4.69, 9.17) is 0 Å². The van der Waals surface area contributed by atoms with Crippen LogP contribution in [0.2, 0.25) is 0 Å². The van der Waals surface area contributed by atoms with Crippen molar-refractivity contribution >= 4 is 0 Å². The lowest BCUT2D eigenvalue weighted by molar-refractivity contribution is -0.137. The Balaban J connectivity index is 2.26. The molecule has 0 saturated heterocycles. The van der Waals surface area contributed by atoms with Crippen molar-refractivity contribution < 1.29 is 18.3 Å². The van der Waals surface area contributed by atoms with E-state index in [1.807, 2.05) is 0 Å². The standard InChI is InChI=1S/C15H11F3N4O/c16-15(17,18)11-3-1-2-4-13(11)22-14(12(9-23)20-21-22)10-5-7-19-8-6-10/h1-8,23H,9H2. The molecule has 0 radical (unpaired) electrons. The minimum atomic E-state index is -4.53. The number of halogens is 3. The van der Waals surface area contributed by atoms with Gasteiger partial charge in [-0.05, 0) is 24.3 Å². The number of nitrogens with zero attached hydrogens (tertiary/aromatic N) is 4. The molecule has 0 aliphatic rings. The van der Waals surface area contributed by atoms with Crippen molar-refractivity contribution in [2.45, 2.75) is 12.8 Å². The molecule has 0 atom stereocenters. The second-order valence-corrected chi connectivity index (χ2v) is 4.71. The summed E-state index contributed by atoms with van der Waals surface area (Å²) in [7, 11) is 0. The first-order chi connectivity index (χ1) is 11.0. The van der Waals surface area contributed by atoms with Gasteiger partial charge in [0.05, 0.1) is 17.9 Å². The Labute approximate surface area is 129 Å². The number of para-hydroxylation sites is 1. The number of pyridine rings is 1. The van der Waals surface area contributed by atoms with E-state index < -0.39 is 18.3 Å². The van der Waals surface area contributed by atoms with Crippen LogP contribution in [0, 0.1) is 0 Å². The SMILES string of the molecule is OCc1nnn(-c2ccccc2C(F)(F)F)c1-c1ccncc1. The zero-order valence-electron chi connectivity index (χ0n) is 11.7. The van der Waals surface area contributed by atoms with Crippen LogP contribution in [0.3, 0.4) is 0 Å². The molecule has 1 N–H and O–H groups in total. The van der Waals surface area contributed by atoms with Crippen LogP contribution in [0.4, 0.5) is 13.2 Å². The maximum Gasteiger partial charge on any atom is 0.418 e. The number of alkyl halides is 3. The van der Waals surface area contributed by atoms with Gasteiger partial charge < -0.3 is 5.11 Å². The topological polar surface area (TPSA) is 63.8 Å². The van der Waals surface area contributed by atoms with Gasteiger partial charge in [0.1, 0.15) is 11.4 Å². The van der Waals surface area contributed by atoms with Crippen LogP contribution in [0.5, 0.6) is 0 Å². The van der Waals surface area contributed by atoms with Gasteiger partial charge >= 0.3 is 6.18 Å². The van der Waals surface area contributed by atoms with Crippen LogP contribution < -0.4 is 0 Å². The molecule has 2 heterocycles. The Morgan fingerprint density at radius 2 is 1.74 bits per heavy atom. The molecule has 0 amide bonds. The van der Waals surface area contributed by atoms with E-state index >= 15 is 0 Å². The first-order valence-electron chi connectivity index (χ1n) is 6.65. The molecule has 3 rings (SSSR count). The Hall–Kier alpha value is -2.74. The lowest BCUT2D eigenvalue weighted by atomic mass is 10.1. The molecule has 0 bridgehead atoms. The van der Waals surface area contributed by atoms with Gasteiger partial charge in [-0.1, -0.05) is 17.3 Å². The highest BCUT2D eigenvalue weighted by atomic mass is 19.4. The third-order valence-corrected chi connectivity index (χ3v) is 3.28. The Kier molecular flexibility index (Phi) is 3.83. The van der Waals surface area contributed by atoms with Crippen LogP contribution in [0.15, 0.2) is 48.8 Å². The third kappa shape index (κ3) is 2.80. The first-order valence-corrected chi connectivity index (χ1v) is 6.65. The summed E-state index contributed by atoms with van der Waals surface area (Å²) in [6.07, 6.45) is -1.52. The quantitative estimate of drug-likeness (QED) is 0.806. The van der Waals surface area contributed by atoms with E-state index in [9.17, 15) is 18.3 Å². The zero-order valence-corrected chi connectivity index (χ0v) is 11.7. The number of aliphatic hydroxyl groups is 1. The molecule has 0 saturated carbocycles.